The molecule has 1 nitrogen and oxygen atoms in total. The topological polar surface area (TPSA) is 3.24 Å². The third-order valence-electron chi connectivity index (χ3n) is 3.24. The molecule has 94 valence electrons. The summed E-state index contributed by atoms with van der Waals surface area (Å²) < 4.78 is 2.58. The van der Waals surface area contributed by atoms with Gasteiger partial charge in [0, 0.05) is 0 Å². The van der Waals surface area contributed by atoms with Crippen LogP contribution in [-0.4, -0.2) is 34.8 Å². The van der Waals surface area contributed by atoms with Crippen LogP contribution >= 0.6 is 0 Å². The van der Waals surface area contributed by atoms with Crippen LogP contribution in [0.2, 0.25) is 5.79 Å². The maximum atomic E-state index is 2.58. The van der Waals surface area contributed by atoms with Crippen molar-refractivity contribution >= 4 is 44.1 Å². The molecule has 0 heterocycles. The molecule has 19 heavy (non-hydrogen) atoms. The summed E-state index contributed by atoms with van der Waals surface area (Å²) >= 11 is 1.21. The highest BCUT2D eigenvalue weighted by Crippen LogP contribution is 2.10. The molecule has 0 aromatic heterocycles. The minimum atomic E-state index is 0.0213. The number of hydrogen-bond acceptors (Lipinski definition) is 1. The molecule has 0 aliphatic carbocycles. The van der Waals surface area contributed by atoms with E-state index < -0.39 is 0 Å². The van der Waals surface area contributed by atoms with Gasteiger partial charge < -0.3 is 2.87 Å². The molecule has 2 aromatic rings. The highest BCUT2D eigenvalue weighted by molar-refractivity contribution is 6.40. The highest BCUT2D eigenvalue weighted by atomic mass is 27.2. The monoisotopic (exact) mass is 279 g/mol. The fourth-order valence-electron chi connectivity index (χ4n) is 1.91. The van der Waals surface area contributed by atoms with Gasteiger partial charge in [-0.15, -0.1) is 0 Å². The van der Waals surface area contributed by atoms with Crippen LogP contribution < -0.4 is 0 Å². The van der Waals surface area contributed by atoms with Crippen molar-refractivity contribution in [1.82, 2.24) is 2.87 Å². The van der Waals surface area contributed by atoms with Crippen LogP contribution in [0.1, 0.15) is 16.7 Å². The van der Waals surface area contributed by atoms with Gasteiger partial charge in [0.15, 0.2) is 0 Å². The molecule has 3 heteroatoms. The van der Waals surface area contributed by atoms with Crippen molar-refractivity contribution in [2.24, 2.45) is 0 Å². The minimum Gasteiger partial charge on any atom is -0.476 e. The molecule has 0 atom stereocenters. The van der Waals surface area contributed by atoms with Crippen LogP contribution in [0.25, 0.3) is 12.2 Å². The quantitative estimate of drug-likeness (QED) is 0.601. The number of benzene rings is 2. The van der Waals surface area contributed by atoms with Crippen molar-refractivity contribution in [3.05, 3.63) is 71.3 Å². The molecule has 0 amide bonds. The van der Waals surface area contributed by atoms with E-state index in [1.807, 2.05) is 6.07 Å². The standard InChI is InChI=1S/C15H13N.CH3.2Al.3H/c16-12-15-10-8-14(9-11-15)7-6-13-4-2-1-3-5-13;;;;;;/h1-11H,12H2;1H3;;;;;/b7-6+;;;;;;. The van der Waals surface area contributed by atoms with Crippen molar-refractivity contribution < 1.29 is 0 Å². The second-order valence-electron chi connectivity index (χ2n) is 4.82. The van der Waals surface area contributed by atoms with Crippen LogP contribution in [-0.2, 0) is 6.54 Å². The van der Waals surface area contributed by atoms with Crippen LogP contribution in [0.5, 0.6) is 0 Å². The Labute approximate surface area is 130 Å². The molecular weight excluding hydrogens is 260 g/mol. The summed E-state index contributed by atoms with van der Waals surface area (Å²) in [6, 6.07) is 19.3. The van der Waals surface area contributed by atoms with E-state index in [1.54, 1.807) is 0 Å². The number of nitrogens with zero attached hydrogens (tertiary/aromatic N) is 1. The average molecular weight is 279 g/mol. The second-order valence-corrected chi connectivity index (χ2v) is 9.06. The van der Waals surface area contributed by atoms with Crippen molar-refractivity contribution in [3.63, 3.8) is 0 Å². The third kappa shape index (κ3) is 5.00. The Hall–Kier alpha value is -0.795. The number of hydrogen-bond donors (Lipinski definition) is 0. The molecule has 0 bridgehead atoms. The van der Waals surface area contributed by atoms with Crippen LogP contribution in [0.15, 0.2) is 54.6 Å². The van der Waals surface area contributed by atoms with Crippen LogP contribution in [0.3, 0.4) is 0 Å². The van der Waals surface area contributed by atoms with E-state index in [0.29, 0.717) is 0 Å². The van der Waals surface area contributed by atoms with E-state index in [-0.39, 0.29) is 15.4 Å². The van der Waals surface area contributed by atoms with E-state index in [9.17, 15) is 0 Å². The Morgan fingerprint density at radius 1 is 0.947 bits per heavy atom. The van der Waals surface area contributed by atoms with Gasteiger partial charge in [0.05, 0.1) is 0 Å². The van der Waals surface area contributed by atoms with Crippen molar-refractivity contribution in [1.29, 1.82) is 0 Å². The lowest BCUT2D eigenvalue weighted by molar-refractivity contribution is 0.687. The van der Waals surface area contributed by atoms with Gasteiger partial charge in [-0.1, -0.05) is 72.5 Å². The van der Waals surface area contributed by atoms with E-state index in [1.165, 1.54) is 33.2 Å². The van der Waals surface area contributed by atoms with Gasteiger partial charge in [-0.3, -0.25) is 0 Å². The highest BCUT2D eigenvalue weighted by Gasteiger charge is 1.98. The summed E-state index contributed by atoms with van der Waals surface area (Å²) in [5.41, 5.74) is 3.94. The fourth-order valence-corrected chi connectivity index (χ4v) is 2.76. The molecular formula is C16H19Al2N. The van der Waals surface area contributed by atoms with Crippen LogP contribution in [0, 0.1) is 0 Å². The number of rotatable bonds is 5. The van der Waals surface area contributed by atoms with Gasteiger partial charge in [0.1, 0.15) is 0 Å². The normalized spacial score (nSPS) is 11.1. The third-order valence-corrected chi connectivity index (χ3v) is 6.76. The fraction of sp³-hybridized carbons (Fsp3) is 0.125. The Morgan fingerprint density at radius 3 is 2.11 bits per heavy atom. The molecule has 2 aromatic carbocycles. The molecule has 0 aliphatic heterocycles. The van der Waals surface area contributed by atoms with Gasteiger partial charge in [-0.25, -0.2) is 0 Å². The minimum absolute atomic E-state index is 0.0213. The maximum absolute atomic E-state index is 2.58. The van der Waals surface area contributed by atoms with Gasteiger partial charge in [-0.2, -0.15) is 0 Å². The van der Waals surface area contributed by atoms with Gasteiger partial charge in [-0.05, 0) is 23.2 Å². The lowest BCUT2D eigenvalue weighted by atomic mass is 10.1. The molecule has 2 rings (SSSR count). The van der Waals surface area contributed by atoms with E-state index in [4.69, 9.17) is 0 Å². The molecule has 0 fully saturated rings. The first-order chi connectivity index (χ1) is 9.28. The predicted octanol–water partition coefficient (Wildman–Crippen LogP) is 2.61. The zero-order valence-electron chi connectivity index (χ0n) is 11.7. The van der Waals surface area contributed by atoms with E-state index in [0.717, 1.165) is 6.54 Å². The first-order valence-corrected chi connectivity index (χ1v) is 9.72. The average Bonchev–Trinajstić information content (AvgIpc) is 2.47. The predicted molar refractivity (Wildman–Crippen MR) is 88.9 cm³/mol. The molecule has 0 saturated heterocycles. The van der Waals surface area contributed by atoms with Gasteiger partial charge in [0.25, 0.3) is 16.5 Å². The SMILES string of the molecule is [CH3][AlH][N]([AlH2])Cc1ccc(/C=C/c2ccccc2)cc1. The zero-order chi connectivity index (χ0) is 13.5. The molecule has 0 spiro atoms. The summed E-state index contributed by atoms with van der Waals surface area (Å²) in [6.07, 6.45) is 4.33. The van der Waals surface area contributed by atoms with Gasteiger partial charge in [0.2, 0.25) is 0 Å². The maximum Gasteiger partial charge on any atom is 0.321 e. The van der Waals surface area contributed by atoms with E-state index in [2.05, 4.69) is 69.3 Å². The summed E-state index contributed by atoms with van der Waals surface area (Å²) in [5, 5.41) is 0. The Bertz CT molecular complexity index is 520. The summed E-state index contributed by atoms with van der Waals surface area (Å²) in [4.78, 5) is 0. The van der Waals surface area contributed by atoms with Crippen molar-refractivity contribution in [2.75, 3.05) is 0 Å². The Morgan fingerprint density at radius 2 is 1.53 bits per heavy atom. The largest absolute Gasteiger partial charge is 0.476 e. The summed E-state index contributed by atoms with van der Waals surface area (Å²) in [5.74, 6) is 2.35. The van der Waals surface area contributed by atoms with Gasteiger partial charge >= 0.3 is 15.4 Å². The molecule has 0 radical (unpaired) electrons. The summed E-state index contributed by atoms with van der Waals surface area (Å²) in [6.45, 7) is 1.14. The Balaban J connectivity index is 2.01. The lowest BCUT2D eigenvalue weighted by Gasteiger charge is -2.14. The zero-order valence-corrected chi connectivity index (χ0v) is 15.1. The first kappa shape index (κ1) is 14.6. The Kier molecular flexibility index (Phi) is 5.93. The summed E-state index contributed by atoms with van der Waals surface area (Å²) in [7, 11) is 0. The smallest absolute Gasteiger partial charge is 0.321 e. The lowest BCUT2D eigenvalue weighted by Crippen LogP contribution is -2.21. The molecule has 0 unspecified atom stereocenters. The second kappa shape index (κ2) is 7.71. The molecule has 0 saturated carbocycles. The molecule has 0 N–H and O–H groups in total. The van der Waals surface area contributed by atoms with E-state index >= 15 is 0 Å². The first-order valence-electron chi connectivity index (χ1n) is 6.78. The van der Waals surface area contributed by atoms with Crippen molar-refractivity contribution in [3.8, 4) is 0 Å². The van der Waals surface area contributed by atoms with Crippen molar-refractivity contribution in [2.45, 2.75) is 12.3 Å². The van der Waals surface area contributed by atoms with Crippen LogP contribution in [0.4, 0.5) is 0 Å². The molecule has 0 aliphatic rings.